The molecule has 0 saturated carbocycles. The molecule has 0 N–H and O–H groups in total. The molecular weight excluding hydrogens is 227 g/mol. The van der Waals surface area contributed by atoms with Crippen molar-refractivity contribution in [3.8, 4) is 0 Å². The fourth-order valence-electron chi connectivity index (χ4n) is 1.95. The Morgan fingerprint density at radius 2 is 1.50 bits per heavy atom. The molecule has 0 bridgehead atoms. The van der Waals surface area contributed by atoms with E-state index in [9.17, 15) is 9.18 Å². The molecule has 2 aromatic carbocycles. The van der Waals surface area contributed by atoms with Gasteiger partial charge in [-0.3, -0.25) is 9.18 Å². The Morgan fingerprint density at radius 3 is 2.06 bits per heavy atom. The monoisotopic (exact) mass is 242 g/mol. The lowest BCUT2D eigenvalue weighted by atomic mass is 9.93. The minimum atomic E-state index is -0.511. The second-order valence-corrected chi connectivity index (χ2v) is 4.26. The van der Waals surface area contributed by atoms with Gasteiger partial charge in [0, 0.05) is 17.9 Å². The highest BCUT2D eigenvalue weighted by molar-refractivity contribution is 5.96. The second-order valence-electron chi connectivity index (χ2n) is 4.26. The molecule has 0 heterocycles. The van der Waals surface area contributed by atoms with Crippen LogP contribution in [0, 0.1) is 0 Å². The number of benzene rings is 2. The standard InChI is InChI=1S/C16H15FO/c17-12-15(13-7-3-1-4-8-13)11-16(18)14-9-5-2-6-10-14/h1-10,15H,11-12H2/t15-/m1/s1. The molecule has 0 radical (unpaired) electrons. The van der Waals surface area contributed by atoms with Gasteiger partial charge in [-0.05, 0) is 5.56 Å². The highest BCUT2D eigenvalue weighted by Gasteiger charge is 2.16. The molecule has 0 aliphatic heterocycles. The normalized spacial score (nSPS) is 12.1. The van der Waals surface area contributed by atoms with Crippen LogP contribution in [-0.4, -0.2) is 12.5 Å². The third kappa shape index (κ3) is 3.04. The van der Waals surface area contributed by atoms with Crippen molar-refractivity contribution in [2.24, 2.45) is 0 Å². The van der Waals surface area contributed by atoms with E-state index in [0.717, 1.165) is 5.56 Å². The van der Waals surface area contributed by atoms with Gasteiger partial charge in [0.1, 0.15) is 0 Å². The van der Waals surface area contributed by atoms with E-state index in [-0.39, 0.29) is 18.1 Å². The fourth-order valence-corrected chi connectivity index (χ4v) is 1.95. The smallest absolute Gasteiger partial charge is 0.163 e. The number of carbonyl (C=O) groups excluding carboxylic acids is 1. The number of carbonyl (C=O) groups is 1. The van der Waals surface area contributed by atoms with Crippen molar-refractivity contribution in [2.75, 3.05) is 6.67 Å². The first-order chi connectivity index (χ1) is 8.81. The molecule has 18 heavy (non-hydrogen) atoms. The number of hydrogen-bond acceptors (Lipinski definition) is 1. The molecule has 2 aromatic rings. The summed E-state index contributed by atoms with van der Waals surface area (Å²) in [4.78, 5) is 12.0. The van der Waals surface area contributed by atoms with Crippen LogP contribution in [0.15, 0.2) is 60.7 Å². The maximum absolute atomic E-state index is 13.1. The quantitative estimate of drug-likeness (QED) is 0.724. The minimum absolute atomic E-state index is 0.0119. The summed E-state index contributed by atoms with van der Waals surface area (Å²) < 4.78 is 13.1. The maximum atomic E-state index is 13.1. The average molecular weight is 242 g/mol. The van der Waals surface area contributed by atoms with Gasteiger partial charge >= 0.3 is 0 Å². The van der Waals surface area contributed by atoms with Gasteiger partial charge in [-0.1, -0.05) is 60.7 Å². The summed E-state index contributed by atoms with van der Waals surface area (Å²) in [5.41, 5.74) is 1.52. The number of Topliss-reactive ketones (excluding diaryl/α,β-unsaturated/α-hetero) is 1. The van der Waals surface area contributed by atoms with E-state index in [2.05, 4.69) is 0 Å². The van der Waals surface area contributed by atoms with Gasteiger partial charge < -0.3 is 0 Å². The van der Waals surface area contributed by atoms with Gasteiger partial charge in [0.25, 0.3) is 0 Å². The Morgan fingerprint density at radius 1 is 0.944 bits per heavy atom. The topological polar surface area (TPSA) is 17.1 Å². The first kappa shape index (κ1) is 12.5. The van der Waals surface area contributed by atoms with Crippen LogP contribution in [0.5, 0.6) is 0 Å². The van der Waals surface area contributed by atoms with Gasteiger partial charge in [-0.25, -0.2) is 0 Å². The van der Waals surface area contributed by atoms with Crippen LogP contribution in [0.4, 0.5) is 4.39 Å². The van der Waals surface area contributed by atoms with Gasteiger partial charge in [0.2, 0.25) is 0 Å². The van der Waals surface area contributed by atoms with Crippen molar-refractivity contribution >= 4 is 5.78 Å². The molecule has 0 unspecified atom stereocenters. The largest absolute Gasteiger partial charge is 0.294 e. The molecule has 2 rings (SSSR count). The van der Waals surface area contributed by atoms with E-state index in [1.165, 1.54) is 0 Å². The van der Waals surface area contributed by atoms with Crippen LogP contribution in [0.2, 0.25) is 0 Å². The molecule has 1 atom stereocenters. The molecule has 0 amide bonds. The Bertz CT molecular complexity index is 493. The first-order valence-electron chi connectivity index (χ1n) is 6.00. The van der Waals surface area contributed by atoms with Gasteiger partial charge in [0.15, 0.2) is 5.78 Å². The van der Waals surface area contributed by atoms with E-state index in [1.807, 2.05) is 48.5 Å². The highest BCUT2D eigenvalue weighted by Crippen LogP contribution is 2.22. The SMILES string of the molecule is O=C(C[C@H](CF)c1ccccc1)c1ccccc1. The lowest BCUT2D eigenvalue weighted by Crippen LogP contribution is -2.09. The van der Waals surface area contributed by atoms with Crippen molar-refractivity contribution < 1.29 is 9.18 Å². The summed E-state index contributed by atoms with van der Waals surface area (Å²) in [6.45, 7) is -0.511. The highest BCUT2D eigenvalue weighted by atomic mass is 19.1. The molecule has 1 nitrogen and oxygen atoms in total. The summed E-state index contributed by atoms with van der Waals surface area (Å²) in [6, 6.07) is 18.4. The number of ketones is 1. The van der Waals surface area contributed by atoms with Crippen LogP contribution in [0.1, 0.15) is 28.3 Å². The van der Waals surface area contributed by atoms with Crippen LogP contribution < -0.4 is 0 Å². The molecule has 0 aliphatic rings. The van der Waals surface area contributed by atoms with Gasteiger partial charge in [0.05, 0.1) is 6.67 Å². The molecule has 0 aromatic heterocycles. The first-order valence-corrected chi connectivity index (χ1v) is 6.00. The van der Waals surface area contributed by atoms with Gasteiger partial charge in [-0.2, -0.15) is 0 Å². The molecule has 0 spiro atoms. The number of halogens is 1. The third-order valence-electron chi connectivity index (χ3n) is 2.98. The summed E-state index contributed by atoms with van der Waals surface area (Å²) in [5, 5.41) is 0. The van der Waals surface area contributed by atoms with Crippen LogP contribution in [-0.2, 0) is 0 Å². The van der Waals surface area contributed by atoms with E-state index in [1.54, 1.807) is 12.1 Å². The predicted molar refractivity (Wildman–Crippen MR) is 70.5 cm³/mol. The minimum Gasteiger partial charge on any atom is -0.294 e. The van der Waals surface area contributed by atoms with Crippen molar-refractivity contribution in [2.45, 2.75) is 12.3 Å². The van der Waals surface area contributed by atoms with Crippen LogP contribution in [0.25, 0.3) is 0 Å². The zero-order valence-electron chi connectivity index (χ0n) is 10.1. The Hall–Kier alpha value is -1.96. The maximum Gasteiger partial charge on any atom is 0.163 e. The summed E-state index contributed by atoms with van der Waals surface area (Å²) in [6.07, 6.45) is 0.213. The predicted octanol–water partition coefficient (Wildman–Crippen LogP) is 4.01. The summed E-state index contributed by atoms with van der Waals surface area (Å²) in [7, 11) is 0. The number of hydrogen-bond donors (Lipinski definition) is 0. The van der Waals surface area contributed by atoms with Crippen molar-refractivity contribution in [3.05, 3.63) is 71.8 Å². The lowest BCUT2D eigenvalue weighted by Gasteiger charge is -2.12. The van der Waals surface area contributed by atoms with E-state index in [4.69, 9.17) is 0 Å². The van der Waals surface area contributed by atoms with E-state index >= 15 is 0 Å². The van der Waals surface area contributed by atoms with Crippen molar-refractivity contribution in [1.29, 1.82) is 0 Å². The molecule has 0 saturated heterocycles. The fraction of sp³-hybridized carbons (Fsp3) is 0.188. The molecular formula is C16H15FO. The zero-order chi connectivity index (χ0) is 12.8. The van der Waals surface area contributed by atoms with Crippen LogP contribution >= 0.6 is 0 Å². The molecule has 92 valence electrons. The van der Waals surface area contributed by atoms with Crippen molar-refractivity contribution in [3.63, 3.8) is 0 Å². The Balaban J connectivity index is 2.10. The molecule has 0 fully saturated rings. The third-order valence-corrected chi connectivity index (χ3v) is 2.98. The van der Waals surface area contributed by atoms with E-state index < -0.39 is 6.67 Å². The number of rotatable bonds is 5. The molecule has 0 aliphatic carbocycles. The van der Waals surface area contributed by atoms with Crippen molar-refractivity contribution in [1.82, 2.24) is 0 Å². The van der Waals surface area contributed by atoms with Gasteiger partial charge in [-0.15, -0.1) is 0 Å². The Labute approximate surface area is 106 Å². The number of alkyl halides is 1. The van der Waals surface area contributed by atoms with Crippen LogP contribution in [0.3, 0.4) is 0 Å². The zero-order valence-corrected chi connectivity index (χ0v) is 10.1. The summed E-state index contributed by atoms with van der Waals surface area (Å²) in [5.74, 6) is -0.360. The Kier molecular flexibility index (Phi) is 4.24. The van der Waals surface area contributed by atoms with E-state index in [0.29, 0.717) is 5.56 Å². The lowest BCUT2D eigenvalue weighted by molar-refractivity contribution is 0.0969. The summed E-state index contributed by atoms with van der Waals surface area (Å²) >= 11 is 0. The average Bonchev–Trinajstić information content (AvgIpc) is 2.46. The second kappa shape index (κ2) is 6.10. The molecule has 2 heteroatoms.